The number of thioether (sulfide) groups is 1. The zero-order chi connectivity index (χ0) is 12.5. The Morgan fingerprint density at radius 1 is 1.29 bits per heavy atom. The summed E-state index contributed by atoms with van der Waals surface area (Å²) in [7, 11) is 0. The second kappa shape index (κ2) is 5.48. The van der Waals surface area contributed by atoms with E-state index in [1.165, 1.54) is 17.7 Å². The number of rotatable bonds is 5. The Kier molecular flexibility index (Phi) is 4.60. The number of unbranched alkanes of at least 4 members (excludes halogenated alkanes) is 1. The van der Waals surface area contributed by atoms with Gasteiger partial charge in [0, 0.05) is 10.8 Å². The lowest BCUT2D eigenvalue weighted by atomic mass is 10.2. The summed E-state index contributed by atoms with van der Waals surface area (Å²) < 4.78 is -0.645. The first-order valence-corrected chi connectivity index (χ1v) is 8.48. The van der Waals surface area contributed by atoms with Crippen molar-refractivity contribution in [1.29, 1.82) is 0 Å². The fourth-order valence-electron chi connectivity index (χ4n) is 1.99. The van der Waals surface area contributed by atoms with Crippen molar-refractivity contribution in [3.8, 4) is 0 Å². The van der Waals surface area contributed by atoms with Gasteiger partial charge in [-0.2, -0.15) is 0 Å². The lowest BCUT2D eigenvalue weighted by molar-refractivity contribution is 0.649. The molecule has 0 N–H and O–H groups in total. The van der Waals surface area contributed by atoms with E-state index in [0.29, 0.717) is 5.92 Å². The number of hydrogen-bond acceptors (Lipinski definition) is 1. The molecule has 0 aromatic heterocycles. The van der Waals surface area contributed by atoms with Crippen molar-refractivity contribution >= 4 is 57.6 Å². The number of benzene rings is 1. The smallest absolute Gasteiger partial charge is 0.105 e. The molecule has 0 heterocycles. The molecular weight excluding hydrogens is 386 g/mol. The topological polar surface area (TPSA) is 0 Å². The zero-order valence-corrected chi connectivity index (χ0v) is 14.1. The normalized spacial score (nSPS) is 30.2. The van der Waals surface area contributed by atoms with Crippen molar-refractivity contribution in [1.82, 2.24) is 0 Å². The van der Waals surface area contributed by atoms with Gasteiger partial charge >= 0.3 is 0 Å². The summed E-state index contributed by atoms with van der Waals surface area (Å²) in [5.74, 6) is 0.393. The quantitative estimate of drug-likeness (QED) is 0.437. The van der Waals surface area contributed by atoms with Gasteiger partial charge in [-0.25, -0.2) is 0 Å². The predicted molar refractivity (Wildman–Crippen MR) is 86.5 cm³/mol. The molecule has 0 saturated heterocycles. The molecule has 1 saturated carbocycles. The highest BCUT2D eigenvalue weighted by atomic mass is 127. The van der Waals surface area contributed by atoms with Crippen LogP contribution in [0.1, 0.15) is 26.2 Å². The van der Waals surface area contributed by atoms with Gasteiger partial charge in [0.25, 0.3) is 0 Å². The molecule has 2 atom stereocenters. The van der Waals surface area contributed by atoms with Crippen LogP contribution in [0, 0.1) is 5.92 Å². The lowest BCUT2D eigenvalue weighted by Crippen LogP contribution is -2.01. The molecule has 1 fully saturated rings. The van der Waals surface area contributed by atoms with Gasteiger partial charge in [0.05, 0.1) is 0 Å². The van der Waals surface area contributed by atoms with Crippen LogP contribution in [0.25, 0.3) is 0 Å². The highest BCUT2D eigenvalue weighted by molar-refractivity contribution is 14.1. The van der Waals surface area contributed by atoms with Gasteiger partial charge in [0.2, 0.25) is 0 Å². The first kappa shape index (κ1) is 14.3. The molecule has 0 aliphatic heterocycles. The summed E-state index contributed by atoms with van der Waals surface area (Å²) in [6.07, 6.45) is 3.52. The highest BCUT2D eigenvalue weighted by Crippen LogP contribution is 2.75. The summed E-state index contributed by atoms with van der Waals surface area (Å²) in [5, 5.41) is 0. The van der Waals surface area contributed by atoms with Gasteiger partial charge in [-0.05, 0) is 18.6 Å². The molecule has 0 nitrogen and oxygen atoms in total. The molecule has 2 rings (SSSR count). The molecule has 17 heavy (non-hydrogen) atoms. The fourth-order valence-corrected chi connectivity index (χ4v) is 6.47. The molecule has 0 spiro atoms. The second-order valence-electron chi connectivity index (χ2n) is 4.38. The highest BCUT2D eigenvalue weighted by Gasteiger charge is 2.74. The molecule has 0 radical (unpaired) electrons. The maximum Gasteiger partial charge on any atom is 0.147 e. The summed E-state index contributed by atoms with van der Waals surface area (Å²) in [6, 6.07) is 10.4. The Bertz CT molecular complexity index is 382. The van der Waals surface area contributed by atoms with Crippen molar-refractivity contribution in [3.05, 3.63) is 30.3 Å². The zero-order valence-electron chi connectivity index (χ0n) is 9.63. The van der Waals surface area contributed by atoms with Crippen LogP contribution in [0.5, 0.6) is 0 Å². The van der Waals surface area contributed by atoms with E-state index < -0.39 is 4.33 Å². The van der Waals surface area contributed by atoms with E-state index in [2.05, 4.69) is 53.8 Å². The van der Waals surface area contributed by atoms with Crippen molar-refractivity contribution in [2.45, 2.75) is 38.2 Å². The molecule has 1 aliphatic rings. The van der Waals surface area contributed by atoms with E-state index in [1.54, 1.807) is 11.8 Å². The minimum Gasteiger partial charge on any atom is -0.105 e. The van der Waals surface area contributed by atoms with E-state index in [4.69, 9.17) is 23.2 Å². The monoisotopic (exact) mass is 400 g/mol. The van der Waals surface area contributed by atoms with E-state index in [1.807, 2.05) is 6.07 Å². The van der Waals surface area contributed by atoms with Gasteiger partial charge < -0.3 is 0 Å². The summed E-state index contributed by atoms with van der Waals surface area (Å²) in [5.41, 5.74) is 0. The minimum atomic E-state index is -0.580. The van der Waals surface area contributed by atoms with Crippen LogP contribution in [0.15, 0.2) is 35.2 Å². The average molecular weight is 401 g/mol. The lowest BCUT2D eigenvalue weighted by Gasteiger charge is -2.09. The molecule has 0 bridgehead atoms. The standard InChI is InChI=1S/C13H15Cl2IS/c1-2-3-9-11-12(14,15)13(11,16)17-10-7-5-4-6-8-10/h4-8,11H,2-3,9H2,1H3. The largest absolute Gasteiger partial charge is 0.147 e. The Balaban J connectivity index is 2.05. The van der Waals surface area contributed by atoms with Crippen molar-refractivity contribution < 1.29 is 0 Å². The van der Waals surface area contributed by atoms with Crippen molar-refractivity contribution in [2.24, 2.45) is 5.92 Å². The number of alkyl halides is 3. The Hall–Kier alpha value is 0.880. The fraction of sp³-hybridized carbons (Fsp3) is 0.538. The third-order valence-electron chi connectivity index (χ3n) is 3.11. The third-order valence-corrected chi connectivity index (χ3v) is 8.77. The molecule has 94 valence electrons. The Morgan fingerprint density at radius 3 is 2.53 bits per heavy atom. The van der Waals surface area contributed by atoms with Crippen molar-refractivity contribution in [3.63, 3.8) is 0 Å². The number of halogens is 3. The van der Waals surface area contributed by atoms with E-state index >= 15 is 0 Å². The predicted octanol–water partition coefficient (Wildman–Crippen LogP) is 5.90. The summed E-state index contributed by atoms with van der Waals surface area (Å²) in [4.78, 5) is 1.24. The summed E-state index contributed by atoms with van der Waals surface area (Å²) in [6.45, 7) is 2.20. The Morgan fingerprint density at radius 2 is 1.94 bits per heavy atom. The van der Waals surface area contributed by atoms with Crippen LogP contribution in [-0.4, -0.2) is 7.09 Å². The SMILES string of the molecule is CCCCC1C(Cl)(Cl)C1(I)Sc1ccccc1. The first-order chi connectivity index (χ1) is 8.02. The minimum absolute atomic E-state index is 0.0651. The van der Waals surface area contributed by atoms with Gasteiger partial charge in [0.15, 0.2) is 0 Å². The second-order valence-corrected chi connectivity index (χ2v) is 9.52. The molecule has 4 heteroatoms. The van der Waals surface area contributed by atoms with E-state index in [0.717, 1.165) is 6.42 Å². The molecular formula is C13H15Cl2IS. The van der Waals surface area contributed by atoms with Gasteiger partial charge in [-0.15, -0.1) is 11.8 Å². The summed E-state index contributed by atoms with van der Waals surface area (Å²) >= 11 is 17.1. The first-order valence-electron chi connectivity index (χ1n) is 5.83. The van der Waals surface area contributed by atoms with E-state index in [-0.39, 0.29) is 2.75 Å². The van der Waals surface area contributed by atoms with Crippen LogP contribution in [0.2, 0.25) is 0 Å². The third kappa shape index (κ3) is 2.75. The van der Waals surface area contributed by atoms with Gasteiger partial charge in [-0.1, -0.05) is 83.8 Å². The maximum absolute atomic E-state index is 6.44. The van der Waals surface area contributed by atoms with Crippen LogP contribution in [0.4, 0.5) is 0 Å². The van der Waals surface area contributed by atoms with Crippen LogP contribution >= 0.6 is 57.6 Å². The molecule has 0 amide bonds. The van der Waals surface area contributed by atoms with Crippen LogP contribution < -0.4 is 0 Å². The van der Waals surface area contributed by atoms with Gasteiger partial charge in [0.1, 0.15) is 7.09 Å². The molecule has 1 aliphatic carbocycles. The number of hydrogen-bond donors (Lipinski definition) is 0. The molecule has 1 aromatic rings. The van der Waals surface area contributed by atoms with Gasteiger partial charge in [-0.3, -0.25) is 0 Å². The average Bonchev–Trinajstić information content (AvgIpc) is 2.70. The maximum atomic E-state index is 6.44. The Labute approximate surface area is 131 Å². The molecule has 1 aromatic carbocycles. The van der Waals surface area contributed by atoms with Crippen LogP contribution in [0.3, 0.4) is 0 Å². The molecule has 2 unspecified atom stereocenters. The van der Waals surface area contributed by atoms with Crippen LogP contribution in [-0.2, 0) is 0 Å². The van der Waals surface area contributed by atoms with Crippen molar-refractivity contribution in [2.75, 3.05) is 0 Å². The van der Waals surface area contributed by atoms with E-state index in [9.17, 15) is 0 Å².